The Morgan fingerprint density at radius 3 is 2.35 bits per heavy atom. The smallest absolute Gasteiger partial charge is 0.298 e. The zero-order chi connectivity index (χ0) is 26.9. The molecule has 0 saturated carbocycles. The van der Waals surface area contributed by atoms with Gasteiger partial charge in [0.1, 0.15) is 22.0 Å². The number of rotatable bonds is 6. The Labute approximate surface area is 222 Å². The molecule has 0 aliphatic carbocycles. The zero-order valence-corrected chi connectivity index (χ0v) is 21.7. The third kappa shape index (κ3) is 5.37. The van der Waals surface area contributed by atoms with Gasteiger partial charge in [0.05, 0.1) is 28.4 Å². The van der Waals surface area contributed by atoms with Gasteiger partial charge in [-0.15, -0.1) is 10.2 Å². The van der Waals surface area contributed by atoms with Crippen LogP contribution in [0, 0.1) is 6.92 Å². The van der Waals surface area contributed by atoms with Gasteiger partial charge in [-0.2, -0.15) is 8.42 Å². The van der Waals surface area contributed by atoms with Crippen LogP contribution in [0.1, 0.15) is 15.9 Å². The van der Waals surface area contributed by atoms with Gasteiger partial charge in [-0.3, -0.25) is 9.35 Å². The number of anilines is 1. The Bertz CT molecular complexity index is 1690. The number of methoxy groups -OCH3 is 1. The number of phenolic OH excluding ortho intramolecular Hbond substituents is 1. The van der Waals surface area contributed by atoms with Crippen LogP contribution >= 0.6 is 23.2 Å². The normalized spacial score (nSPS) is 11.7. The van der Waals surface area contributed by atoms with E-state index in [1.807, 2.05) is 0 Å². The van der Waals surface area contributed by atoms with Crippen molar-refractivity contribution in [2.24, 2.45) is 10.2 Å². The first-order valence-electron chi connectivity index (χ1n) is 10.6. The first-order valence-corrected chi connectivity index (χ1v) is 12.8. The van der Waals surface area contributed by atoms with Gasteiger partial charge in [0.25, 0.3) is 16.0 Å². The molecule has 3 N–H and O–H groups in total. The second kappa shape index (κ2) is 10.3. The summed E-state index contributed by atoms with van der Waals surface area (Å²) in [7, 11) is -3.26. The van der Waals surface area contributed by atoms with Gasteiger partial charge in [-0.1, -0.05) is 53.5 Å². The van der Waals surface area contributed by atoms with Gasteiger partial charge < -0.3 is 15.2 Å². The van der Waals surface area contributed by atoms with Crippen LogP contribution in [0.25, 0.3) is 10.8 Å². The molecule has 1 amide bonds. The first kappa shape index (κ1) is 26.4. The number of phenols is 1. The quantitative estimate of drug-likeness (QED) is 0.170. The second-order valence-electron chi connectivity index (χ2n) is 7.86. The SMILES string of the molecule is COc1ccc(NC(=O)c2cc3ccccc3c(N=Nc3c(C)ccc(Cl)c3S(=O)(=O)O)c2O)c(Cl)c1. The number of benzene rings is 4. The summed E-state index contributed by atoms with van der Waals surface area (Å²) in [5.41, 5.74) is 0.212. The number of nitrogens with zero attached hydrogens (tertiary/aromatic N) is 2. The molecule has 0 heterocycles. The summed E-state index contributed by atoms with van der Waals surface area (Å²) in [5, 5.41) is 22.8. The highest BCUT2D eigenvalue weighted by molar-refractivity contribution is 7.86. The Kier molecular flexibility index (Phi) is 7.37. The highest BCUT2D eigenvalue weighted by Gasteiger charge is 2.23. The highest BCUT2D eigenvalue weighted by Crippen LogP contribution is 2.42. The van der Waals surface area contributed by atoms with Crippen LogP contribution in [0.15, 0.2) is 75.8 Å². The number of fused-ring (bicyclic) bond motifs is 1. The molecule has 37 heavy (non-hydrogen) atoms. The van der Waals surface area contributed by atoms with Gasteiger partial charge in [-0.25, -0.2) is 0 Å². The lowest BCUT2D eigenvalue weighted by molar-refractivity contribution is 0.102. The minimum Gasteiger partial charge on any atom is -0.505 e. The van der Waals surface area contributed by atoms with Crippen LogP contribution in [0.3, 0.4) is 0 Å². The van der Waals surface area contributed by atoms with Crippen molar-refractivity contribution in [1.29, 1.82) is 0 Å². The molecular formula is C25H19Cl2N3O6S. The van der Waals surface area contributed by atoms with Crippen LogP contribution in [0.2, 0.25) is 10.0 Å². The van der Waals surface area contributed by atoms with Crippen molar-refractivity contribution >= 4 is 67.1 Å². The molecule has 0 aliphatic rings. The molecule has 0 aliphatic heterocycles. The number of carbonyl (C=O) groups excluding carboxylic acids is 1. The number of aromatic hydroxyl groups is 1. The Morgan fingerprint density at radius 2 is 1.68 bits per heavy atom. The maximum atomic E-state index is 13.1. The number of ether oxygens (including phenoxy) is 1. The molecule has 0 saturated heterocycles. The van der Waals surface area contributed by atoms with Crippen molar-refractivity contribution in [3.63, 3.8) is 0 Å². The van der Waals surface area contributed by atoms with E-state index in [2.05, 4.69) is 15.5 Å². The standard InChI is InChI=1S/C25H19Cl2N3O6S/c1-13-7-9-18(26)24(37(33,34)35)21(13)29-30-22-16-6-4-3-5-14(16)11-17(23(22)31)25(32)28-20-10-8-15(36-2)12-19(20)27/h3-12,31H,1-2H3,(H,28,32)(H,33,34,35). The number of azo groups is 1. The Hall–Kier alpha value is -3.70. The average molecular weight is 560 g/mol. The van der Waals surface area contributed by atoms with Crippen molar-refractivity contribution in [3.8, 4) is 11.5 Å². The van der Waals surface area contributed by atoms with E-state index in [1.54, 1.807) is 43.3 Å². The monoisotopic (exact) mass is 559 g/mol. The lowest BCUT2D eigenvalue weighted by Crippen LogP contribution is -2.12. The predicted octanol–water partition coefficient (Wildman–Crippen LogP) is 7.08. The summed E-state index contributed by atoms with van der Waals surface area (Å²) in [6.07, 6.45) is 0. The molecule has 0 unspecified atom stereocenters. The lowest BCUT2D eigenvalue weighted by Gasteiger charge is -2.13. The third-order valence-electron chi connectivity index (χ3n) is 5.46. The largest absolute Gasteiger partial charge is 0.505 e. The van der Waals surface area contributed by atoms with E-state index in [0.29, 0.717) is 22.1 Å². The molecule has 0 fully saturated rings. The average Bonchev–Trinajstić information content (AvgIpc) is 2.85. The van der Waals surface area contributed by atoms with E-state index in [9.17, 15) is 22.9 Å². The molecule has 0 spiro atoms. The van der Waals surface area contributed by atoms with E-state index < -0.39 is 26.7 Å². The second-order valence-corrected chi connectivity index (χ2v) is 10.0. The fourth-order valence-electron chi connectivity index (χ4n) is 3.62. The van der Waals surface area contributed by atoms with Crippen molar-refractivity contribution < 1.29 is 27.6 Å². The number of carbonyl (C=O) groups is 1. The molecule has 0 atom stereocenters. The van der Waals surface area contributed by atoms with E-state index in [1.165, 1.54) is 31.4 Å². The summed E-state index contributed by atoms with van der Waals surface area (Å²) in [4.78, 5) is 12.5. The zero-order valence-electron chi connectivity index (χ0n) is 19.4. The van der Waals surface area contributed by atoms with Crippen LogP contribution in [0.4, 0.5) is 17.1 Å². The van der Waals surface area contributed by atoms with Crippen LogP contribution in [-0.2, 0) is 10.1 Å². The van der Waals surface area contributed by atoms with Gasteiger partial charge in [0.15, 0.2) is 5.75 Å². The minimum absolute atomic E-state index is 0.0928. The van der Waals surface area contributed by atoms with E-state index in [4.69, 9.17) is 27.9 Å². The first-order chi connectivity index (χ1) is 17.5. The van der Waals surface area contributed by atoms with Gasteiger partial charge in [0.2, 0.25) is 0 Å². The molecule has 190 valence electrons. The Morgan fingerprint density at radius 1 is 0.973 bits per heavy atom. The number of hydrogen-bond donors (Lipinski definition) is 3. The molecule has 9 nitrogen and oxygen atoms in total. The molecule has 4 rings (SSSR count). The molecule has 0 aromatic heterocycles. The topological polar surface area (TPSA) is 138 Å². The molecule has 12 heteroatoms. The van der Waals surface area contributed by atoms with Crippen molar-refractivity contribution in [2.45, 2.75) is 11.8 Å². The predicted molar refractivity (Wildman–Crippen MR) is 142 cm³/mol. The molecule has 0 bridgehead atoms. The van der Waals surface area contributed by atoms with Gasteiger partial charge >= 0.3 is 0 Å². The van der Waals surface area contributed by atoms with Gasteiger partial charge in [-0.05, 0) is 42.1 Å². The van der Waals surface area contributed by atoms with E-state index in [-0.39, 0.29) is 32.7 Å². The van der Waals surface area contributed by atoms with E-state index in [0.717, 1.165) is 0 Å². The fourth-order valence-corrected chi connectivity index (χ4v) is 5.04. The van der Waals surface area contributed by atoms with E-state index >= 15 is 0 Å². The van der Waals surface area contributed by atoms with Gasteiger partial charge in [0, 0.05) is 11.5 Å². The lowest BCUT2D eigenvalue weighted by atomic mass is 10.0. The minimum atomic E-state index is -4.74. The fraction of sp³-hybridized carbons (Fsp3) is 0.0800. The highest BCUT2D eigenvalue weighted by atomic mass is 35.5. The number of nitrogens with one attached hydrogen (secondary N) is 1. The third-order valence-corrected chi connectivity index (χ3v) is 7.13. The summed E-state index contributed by atoms with van der Waals surface area (Å²) in [6, 6.07) is 15.8. The molecule has 0 radical (unpaired) electrons. The van der Waals surface area contributed by atoms with Crippen LogP contribution < -0.4 is 10.1 Å². The van der Waals surface area contributed by atoms with Crippen molar-refractivity contribution in [2.75, 3.05) is 12.4 Å². The maximum absolute atomic E-state index is 13.1. The molecular weight excluding hydrogens is 541 g/mol. The van der Waals surface area contributed by atoms with Crippen LogP contribution in [0.5, 0.6) is 11.5 Å². The summed E-state index contributed by atoms with van der Waals surface area (Å²) < 4.78 is 38.7. The van der Waals surface area contributed by atoms with Crippen molar-refractivity contribution in [3.05, 3.63) is 81.8 Å². The number of halogens is 2. The summed E-state index contributed by atoms with van der Waals surface area (Å²) in [5.74, 6) is -0.679. The summed E-state index contributed by atoms with van der Waals surface area (Å²) in [6.45, 7) is 1.56. The maximum Gasteiger partial charge on any atom is 0.298 e. The van der Waals surface area contributed by atoms with Crippen molar-refractivity contribution in [1.82, 2.24) is 0 Å². The molecule has 4 aromatic carbocycles. The number of amides is 1. The van der Waals surface area contributed by atoms with Crippen LogP contribution in [-0.4, -0.2) is 31.1 Å². The number of hydrogen-bond acceptors (Lipinski definition) is 7. The summed E-state index contributed by atoms with van der Waals surface area (Å²) >= 11 is 12.2. The number of aryl methyl sites for hydroxylation is 1. The Balaban J connectivity index is 1.84. The molecule has 4 aromatic rings.